The summed E-state index contributed by atoms with van der Waals surface area (Å²) in [5, 5.41) is 2.61. The number of carbonyl (C=O) groups excluding carboxylic acids is 2. The fourth-order valence-electron chi connectivity index (χ4n) is 4.57. The second kappa shape index (κ2) is 14.0. The van der Waals surface area contributed by atoms with Gasteiger partial charge in [-0.1, -0.05) is 95.5 Å². The van der Waals surface area contributed by atoms with E-state index in [4.69, 9.17) is 23.2 Å². The van der Waals surface area contributed by atoms with Gasteiger partial charge >= 0.3 is 0 Å². The summed E-state index contributed by atoms with van der Waals surface area (Å²) in [4.78, 5) is 28.7. The maximum Gasteiger partial charge on any atom is 0.264 e. The molecule has 43 heavy (non-hydrogen) atoms. The molecule has 2 amide bonds. The van der Waals surface area contributed by atoms with E-state index < -0.39 is 40.2 Å². The van der Waals surface area contributed by atoms with Crippen LogP contribution < -0.4 is 9.62 Å². The normalized spacial score (nSPS) is 11.9. The van der Waals surface area contributed by atoms with E-state index in [1.54, 1.807) is 30.3 Å². The van der Waals surface area contributed by atoms with Crippen molar-refractivity contribution in [2.75, 3.05) is 17.9 Å². The quantitative estimate of drug-likeness (QED) is 0.217. The minimum Gasteiger partial charge on any atom is -0.357 e. The summed E-state index contributed by atoms with van der Waals surface area (Å²) >= 11 is 12.7. The van der Waals surface area contributed by atoms with Gasteiger partial charge < -0.3 is 10.2 Å². The van der Waals surface area contributed by atoms with Crippen LogP contribution in [0.5, 0.6) is 0 Å². The Morgan fingerprint density at radius 3 is 2.19 bits per heavy atom. The highest BCUT2D eigenvalue weighted by atomic mass is 35.5. The van der Waals surface area contributed by atoms with Gasteiger partial charge in [0.15, 0.2) is 0 Å². The van der Waals surface area contributed by atoms with Crippen LogP contribution in [0, 0.1) is 12.7 Å². The summed E-state index contributed by atoms with van der Waals surface area (Å²) in [6.45, 7) is 0.781. The van der Waals surface area contributed by atoms with Crippen LogP contribution in [0.2, 0.25) is 10.0 Å². The number of nitrogens with one attached hydrogen (secondary N) is 1. The van der Waals surface area contributed by atoms with Crippen LogP contribution in [0.1, 0.15) is 16.7 Å². The third-order valence-electron chi connectivity index (χ3n) is 6.90. The zero-order valence-corrected chi connectivity index (χ0v) is 25.8. The lowest BCUT2D eigenvalue weighted by Gasteiger charge is -2.34. The molecule has 4 aromatic carbocycles. The lowest BCUT2D eigenvalue weighted by molar-refractivity contribution is -0.139. The number of hydrogen-bond donors (Lipinski definition) is 1. The third kappa shape index (κ3) is 7.54. The summed E-state index contributed by atoms with van der Waals surface area (Å²) in [7, 11) is -2.93. The number of anilines is 1. The number of benzene rings is 4. The highest BCUT2D eigenvalue weighted by Gasteiger charge is 2.35. The number of carbonyl (C=O) groups is 2. The SMILES string of the molecule is CNC(=O)C(Cc1ccccc1)N(Cc1ccccc1F)C(=O)CN(c1cccc(Cl)c1Cl)S(=O)(=O)c1ccc(C)cc1. The average Bonchev–Trinajstić information content (AvgIpc) is 3.00. The van der Waals surface area contributed by atoms with Crippen molar-refractivity contribution >= 4 is 50.7 Å². The van der Waals surface area contributed by atoms with Crippen molar-refractivity contribution in [1.29, 1.82) is 0 Å². The molecular formula is C32H30Cl2FN3O4S. The van der Waals surface area contributed by atoms with Gasteiger partial charge in [-0.25, -0.2) is 12.8 Å². The van der Waals surface area contributed by atoms with Crippen LogP contribution in [-0.2, 0) is 32.6 Å². The molecule has 0 bridgehead atoms. The highest BCUT2D eigenvalue weighted by molar-refractivity contribution is 7.92. The fraction of sp³-hybridized carbons (Fsp3) is 0.188. The van der Waals surface area contributed by atoms with Gasteiger partial charge in [-0.05, 0) is 42.8 Å². The molecule has 0 saturated carbocycles. The number of sulfonamides is 1. The predicted molar refractivity (Wildman–Crippen MR) is 167 cm³/mol. The van der Waals surface area contributed by atoms with Gasteiger partial charge in [-0.15, -0.1) is 0 Å². The van der Waals surface area contributed by atoms with Gasteiger partial charge in [0.1, 0.15) is 18.4 Å². The predicted octanol–water partition coefficient (Wildman–Crippen LogP) is 6.02. The summed E-state index contributed by atoms with van der Waals surface area (Å²) in [6.07, 6.45) is 0.101. The molecule has 4 aromatic rings. The Hall–Kier alpha value is -3.92. The minimum atomic E-state index is -4.36. The Balaban J connectivity index is 1.83. The van der Waals surface area contributed by atoms with E-state index in [0.29, 0.717) is 0 Å². The van der Waals surface area contributed by atoms with Crippen LogP contribution in [0.25, 0.3) is 0 Å². The Labute approximate surface area is 260 Å². The van der Waals surface area contributed by atoms with E-state index in [-0.39, 0.29) is 39.2 Å². The molecule has 0 radical (unpaired) electrons. The lowest BCUT2D eigenvalue weighted by Crippen LogP contribution is -2.53. The highest BCUT2D eigenvalue weighted by Crippen LogP contribution is 2.35. The number of amides is 2. The molecule has 0 aliphatic carbocycles. The largest absolute Gasteiger partial charge is 0.357 e. The van der Waals surface area contributed by atoms with E-state index in [1.807, 2.05) is 25.1 Å². The summed E-state index contributed by atoms with van der Waals surface area (Å²) in [5.74, 6) is -1.82. The van der Waals surface area contributed by atoms with Crippen LogP contribution in [0.4, 0.5) is 10.1 Å². The van der Waals surface area contributed by atoms with Crippen LogP contribution in [-0.4, -0.2) is 44.8 Å². The van der Waals surface area contributed by atoms with Crippen molar-refractivity contribution in [3.63, 3.8) is 0 Å². The molecule has 1 N–H and O–H groups in total. The average molecular weight is 643 g/mol. The van der Waals surface area contributed by atoms with E-state index >= 15 is 0 Å². The van der Waals surface area contributed by atoms with Crippen molar-refractivity contribution in [3.05, 3.63) is 130 Å². The standard InChI is InChI=1S/C32H30Cl2FN3O4S/c1-22-15-17-25(18-16-22)43(41,42)38(28-14-8-12-26(33)31(28)34)21-30(39)37(20-24-11-6-7-13-27(24)35)29(32(40)36-2)19-23-9-4-3-5-10-23/h3-18,29H,19-21H2,1-2H3,(H,36,40). The molecule has 7 nitrogen and oxygen atoms in total. The van der Waals surface area contributed by atoms with Gasteiger partial charge in [0, 0.05) is 25.6 Å². The van der Waals surface area contributed by atoms with Crippen molar-refractivity contribution in [2.45, 2.75) is 30.8 Å². The summed E-state index contributed by atoms with van der Waals surface area (Å²) in [5.41, 5.74) is 1.73. The second-order valence-corrected chi connectivity index (χ2v) is 12.5. The summed E-state index contributed by atoms with van der Waals surface area (Å²) in [6, 6.07) is 24.4. The molecule has 1 atom stereocenters. The van der Waals surface area contributed by atoms with Gasteiger partial charge in [0.05, 0.1) is 20.6 Å². The van der Waals surface area contributed by atoms with Gasteiger partial charge in [-0.3, -0.25) is 13.9 Å². The van der Waals surface area contributed by atoms with Crippen molar-refractivity contribution < 1.29 is 22.4 Å². The first-order valence-electron chi connectivity index (χ1n) is 13.3. The molecule has 0 aliphatic heterocycles. The molecule has 0 saturated heterocycles. The zero-order chi connectivity index (χ0) is 31.1. The van der Waals surface area contributed by atoms with E-state index in [1.165, 1.54) is 60.5 Å². The van der Waals surface area contributed by atoms with Crippen LogP contribution in [0.15, 0.2) is 102 Å². The van der Waals surface area contributed by atoms with Crippen molar-refractivity contribution in [2.24, 2.45) is 0 Å². The molecule has 224 valence electrons. The first-order valence-corrected chi connectivity index (χ1v) is 15.5. The summed E-state index contributed by atoms with van der Waals surface area (Å²) < 4.78 is 43.8. The molecule has 0 aliphatic rings. The maximum atomic E-state index is 14.9. The number of aryl methyl sites for hydroxylation is 1. The Morgan fingerprint density at radius 2 is 1.53 bits per heavy atom. The van der Waals surface area contributed by atoms with Crippen LogP contribution in [0.3, 0.4) is 0 Å². The first kappa shape index (κ1) is 32.0. The number of likely N-dealkylation sites (N-methyl/N-ethyl adjacent to an activating group) is 1. The number of rotatable bonds is 11. The molecule has 0 heterocycles. The molecule has 0 fully saturated rings. The molecule has 0 aromatic heterocycles. The smallest absolute Gasteiger partial charge is 0.264 e. The maximum absolute atomic E-state index is 14.9. The van der Waals surface area contributed by atoms with Crippen LogP contribution >= 0.6 is 23.2 Å². The van der Waals surface area contributed by atoms with Crippen molar-refractivity contribution in [1.82, 2.24) is 10.2 Å². The molecule has 0 spiro atoms. The van der Waals surface area contributed by atoms with E-state index in [2.05, 4.69) is 5.32 Å². The number of hydrogen-bond acceptors (Lipinski definition) is 4. The minimum absolute atomic E-state index is 0.0199. The molecule has 4 rings (SSSR count). The van der Waals surface area contributed by atoms with Gasteiger partial charge in [-0.2, -0.15) is 0 Å². The van der Waals surface area contributed by atoms with E-state index in [0.717, 1.165) is 15.4 Å². The fourth-order valence-corrected chi connectivity index (χ4v) is 6.44. The van der Waals surface area contributed by atoms with E-state index in [9.17, 15) is 22.4 Å². The Kier molecular flexibility index (Phi) is 10.4. The topological polar surface area (TPSA) is 86.8 Å². The monoisotopic (exact) mass is 641 g/mol. The second-order valence-electron chi connectivity index (χ2n) is 9.83. The Morgan fingerprint density at radius 1 is 0.884 bits per heavy atom. The van der Waals surface area contributed by atoms with Gasteiger partial charge in [0.2, 0.25) is 11.8 Å². The zero-order valence-electron chi connectivity index (χ0n) is 23.5. The van der Waals surface area contributed by atoms with Crippen molar-refractivity contribution in [3.8, 4) is 0 Å². The molecule has 11 heteroatoms. The lowest BCUT2D eigenvalue weighted by atomic mass is 10.0. The third-order valence-corrected chi connectivity index (χ3v) is 9.49. The Bertz CT molecular complexity index is 1700. The number of halogens is 3. The van der Waals surface area contributed by atoms with Gasteiger partial charge in [0.25, 0.3) is 10.0 Å². The first-order chi connectivity index (χ1) is 20.5. The molecular weight excluding hydrogens is 612 g/mol. The molecule has 1 unspecified atom stereocenters. The number of nitrogens with zero attached hydrogens (tertiary/aromatic N) is 2.